The lowest BCUT2D eigenvalue weighted by molar-refractivity contribution is -0.137. The van der Waals surface area contributed by atoms with E-state index in [9.17, 15) is 18.0 Å². The molecule has 0 spiro atoms. The zero-order valence-corrected chi connectivity index (χ0v) is 17.9. The van der Waals surface area contributed by atoms with Gasteiger partial charge < -0.3 is 10.1 Å². The lowest BCUT2D eigenvalue weighted by atomic mass is 9.98. The number of carbonyl (C=O) groups is 1. The van der Waals surface area contributed by atoms with E-state index in [4.69, 9.17) is 4.74 Å². The first-order valence-electron chi connectivity index (χ1n) is 10.6. The molecule has 0 aromatic heterocycles. The number of rotatable bonds is 7. The maximum Gasteiger partial charge on any atom is 0.416 e. The molecule has 7 heteroatoms. The normalized spacial score (nSPS) is 17.2. The fourth-order valence-electron chi connectivity index (χ4n) is 3.92. The largest absolute Gasteiger partial charge is 0.416 e. The molecule has 2 aromatic carbocycles. The predicted molar refractivity (Wildman–Crippen MR) is 114 cm³/mol. The van der Waals surface area contributed by atoms with Gasteiger partial charge in [-0.15, -0.1) is 0 Å². The number of amides is 1. The van der Waals surface area contributed by atoms with Gasteiger partial charge in [0.15, 0.2) is 0 Å². The van der Waals surface area contributed by atoms with E-state index in [1.54, 1.807) is 13.0 Å². The third-order valence-corrected chi connectivity index (χ3v) is 5.63. The minimum absolute atomic E-state index is 0.0218. The van der Waals surface area contributed by atoms with Crippen LogP contribution in [-0.4, -0.2) is 43.7 Å². The molecular weight excluding hydrogens is 405 g/mol. The van der Waals surface area contributed by atoms with E-state index in [1.807, 2.05) is 19.1 Å². The summed E-state index contributed by atoms with van der Waals surface area (Å²) in [5, 5.41) is 3.02. The van der Waals surface area contributed by atoms with Crippen LogP contribution in [0.15, 0.2) is 48.5 Å². The molecule has 1 N–H and O–H groups in total. The third-order valence-electron chi connectivity index (χ3n) is 5.63. The third kappa shape index (κ3) is 6.55. The van der Waals surface area contributed by atoms with E-state index >= 15 is 0 Å². The van der Waals surface area contributed by atoms with Gasteiger partial charge in [-0.2, -0.15) is 13.2 Å². The molecule has 1 saturated heterocycles. The van der Waals surface area contributed by atoms with Crippen molar-refractivity contribution in [1.29, 1.82) is 0 Å². The Morgan fingerprint density at radius 2 is 1.84 bits per heavy atom. The first-order chi connectivity index (χ1) is 14.7. The zero-order valence-electron chi connectivity index (χ0n) is 17.9. The second-order valence-corrected chi connectivity index (χ2v) is 8.13. The van der Waals surface area contributed by atoms with Gasteiger partial charge in [0.25, 0.3) is 0 Å². The average molecular weight is 435 g/mol. The Labute approximate surface area is 181 Å². The molecule has 1 amide bonds. The van der Waals surface area contributed by atoms with Crippen molar-refractivity contribution in [1.82, 2.24) is 10.2 Å². The molecule has 1 heterocycles. The standard InChI is InChI=1S/C24H29F3N2O2/c1-17-5-3-7-20(13-17)22(29-9-11-31-12-10-29)16-28-23(30)18(2)14-19-6-4-8-21(15-19)24(25,26)27/h3-8,13,15,18,22H,9-12,14,16H2,1-2H3,(H,28,30). The number of aryl methyl sites for hydroxylation is 1. The van der Waals surface area contributed by atoms with E-state index in [2.05, 4.69) is 22.3 Å². The number of hydrogen-bond acceptors (Lipinski definition) is 3. The van der Waals surface area contributed by atoms with E-state index in [1.165, 1.54) is 6.07 Å². The van der Waals surface area contributed by atoms with Gasteiger partial charge in [0.2, 0.25) is 5.91 Å². The van der Waals surface area contributed by atoms with Crippen LogP contribution in [0.25, 0.3) is 0 Å². The van der Waals surface area contributed by atoms with Crippen molar-refractivity contribution in [2.75, 3.05) is 32.8 Å². The van der Waals surface area contributed by atoms with Gasteiger partial charge in [-0.05, 0) is 30.5 Å². The highest BCUT2D eigenvalue weighted by molar-refractivity contribution is 5.78. The van der Waals surface area contributed by atoms with Crippen LogP contribution in [0.2, 0.25) is 0 Å². The highest BCUT2D eigenvalue weighted by Crippen LogP contribution is 2.30. The molecule has 1 fully saturated rings. The molecule has 2 unspecified atom stereocenters. The van der Waals surface area contributed by atoms with Crippen molar-refractivity contribution >= 4 is 5.91 Å². The number of morpholine rings is 1. The number of alkyl halides is 3. The second-order valence-electron chi connectivity index (χ2n) is 8.13. The lowest BCUT2D eigenvalue weighted by Gasteiger charge is -2.35. The van der Waals surface area contributed by atoms with Crippen LogP contribution < -0.4 is 5.32 Å². The monoisotopic (exact) mass is 434 g/mol. The topological polar surface area (TPSA) is 41.6 Å². The average Bonchev–Trinajstić information content (AvgIpc) is 2.74. The van der Waals surface area contributed by atoms with Crippen molar-refractivity contribution in [3.8, 4) is 0 Å². The molecule has 1 aliphatic heterocycles. The molecule has 0 bridgehead atoms. The van der Waals surface area contributed by atoms with Gasteiger partial charge in [-0.25, -0.2) is 0 Å². The Balaban J connectivity index is 1.65. The summed E-state index contributed by atoms with van der Waals surface area (Å²) in [7, 11) is 0. The quantitative estimate of drug-likeness (QED) is 0.703. The van der Waals surface area contributed by atoms with E-state index in [-0.39, 0.29) is 18.4 Å². The van der Waals surface area contributed by atoms with Crippen LogP contribution >= 0.6 is 0 Å². The van der Waals surface area contributed by atoms with Crippen molar-refractivity contribution in [2.24, 2.45) is 5.92 Å². The number of nitrogens with one attached hydrogen (secondary N) is 1. The van der Waals surface area contributed by atoms with Crippen molar-refractivity contribution < 1.29 is 22.7 Å². The van der Waals surface area contributed by atoms with Crippen LogP contribution in [-0.2, 0) is 22.1 Å². The number of halogens is 3. The smallest absolute Gasteiger partial charge is 0.379 e. The molecular formula is C24H29F3N2O2. The fourth-order valence-corrected chi connectivity index (χ4v) is 3.92. The molecule has 2 aromatic rings. The summed E-state index contributed by atoms with van der Waals surface area (Å²) >= 11 is 0. The highest BCUT2D eigenvalue weighted by Gasteiger charge is 2.30. The van der Waals surface area contributed by atoms with Gasteiger partial charge >= 0.3 is 6.18 Å². The maximum absolute atomic E-state index is 12.9. The SMILES string of the molecule is Cc1cccc(C(CNC(=O)C(C)Cc2cccc(C(F)(F)F)c2)N2CCOCC2)c1. The maximum atomic E-state index is 12.9. The molecule has 1 aliphatic rings. The first kappa shape index (κ1) is 23.3. The Hall–Kier alpha value is -2.38. The zero-order chi connectivity index (χ0) is 22.4. The summed E-state index contributed by atoms with van der Waals surface area (Å²) in [6.07, 6.45) is -4.14. The van der Waals surface area contributed by atoms with Gasteiger partial charge in [-0.1, -0.05) is 55.0 Å². The summed E-state index contributed by atoms with van der Waals surface area (Å²) in [6, 6.07) is 13.4. The first-order valence-corrected chi connectivity index (χ1v) is 10.6. The number of carbonyl (C=O) groups excluding carboxylic acids is 1. The Bertz CT molecular complexity index is 879. The van der Waals surface area contributed by atoms with Crippen molar-refractivity contribution in [3.05, 3.63) is 70.8 Å². The molecule has 31 heavy (non-hydrogen) atoms. The van der Waals surface area contributed by atoms with Crippen molar-refractivity contribution in [2.45, 2.75) is 32.5 Å². The van der Waals surface area contributed by atoms with Crippen LogP contribution in [0.5, 0.6) is 0 Å². The van der Waals surface area contributed by atoms with Crippen molar-refractivity contribution in [3.63, 3.8) is 0 Å². The minimum atomic E-state index is -4.39. The van der Waals surface area contributed by atoms with Crippen LogP contribution in [0.1, 0.15) is 35.2 Å². The van der Waals surface area contributed by atoms with Crippen LogP contribution in [0.4, 0.5) is 13.2 Å². The molecule has 0 radical (unpaired) electrons. The van der Waals surface area contributed by atoms with Crippen LogP contribution in [0.3, 0.4) is 0 Å². The molecule has 0 aliphatic carbocycles. The van der Waals surface area contributed by atoms with Gasteiger partial charge in [0, 0.05) is 25.6 Å². The summed E-state index contributed by atoms with van der Waals surface area (Å²) in [4.78, 5) is 15.0. The highest BCUT2D eigenvalue weighted by atomic mass is 19.4. The number of hydrogen-bond donors (Lipinski definition) is 1. The van der Waals surface area contributed by atoms with E-state index in [0.717, 1.165) is 36.3 Å². The van der Waals surface area contributed by atoms with E-state index < -0.39 is 17.7 Å². The molecule has 4 nitrogen and oxygen atoms in total. The van der Waals surface area contributed by atoms with Gasteiger partial charge in [-0.3, -0.25) is 9.69 Å². The molecule has 3 rings (SSSR count). The fraction of sp³-hybridized carbons (Fsp3) is 0.458. The predicted octanol–water partition coefficient (Wildman–Crippen LogP) is 4.38. The van der Waals surface area contributed by atoms with Gasteiger partial charge in [0.1, 0.15) is 0 Å². The number of ether oxygens (including phenoxy) is 1. The molecule has 0 saturated carbocycles. The number of benzene rings is 2. The number of nitrogens with zero attached hydrogens (tertiary/aromatic N) is 1. The molecule has 168 valence electrons. The van der Waals surface area contributed by atoms with E-state index in [0.29, 0.717) is 25.3 Å². The summed E-state index contributed by atoms with van der Waals surface area (Å²) < 4.78 is 44.3. The lowest BCUT2D eigenvalue weighted by Crippen LogP contribution is -2.44. The minimum Gasteiger partial charge on any atom is -0.379 e. The Kier molecular flexibility index (Phi) is 7.73. The summed E-state index contributed by atoms with van der Waals surface area (Å²) in [6.45, 7) is 7.10. The summed E-state index contributed by atoms with van der Waals surface area (Å²) in [5.74, 6) is -0.602. The second kappa shape index (κ2) is 10.3. The van der Waals surface area contributed by atoms with Gasteiger partial charge in [0.05, 0.1) is 24.8 Å². The molecule has 2 atom stereocenters. The Morgan fingerprint density at radius 3 is 2.52 bits per heavy atom. The van der Waals surface area contributed by atoms with Crippen LogP contribution in [0, 0.1) is 12.8 Å². The Morgan fingerprint density at radius 1 is 1.13 bits per heavy atom. The summed E-state index contributed by atoms with van der Waals surface area (Å²) in [5.41, 5.74) is 2.10.